The first kappa shape index (κ1) is 17.5. The second-order valence-electron chi connectivity index (χ2n) is 7.47. The van der Waals surface area contributed by atoms with Gasteiger partial charge in [-0.3, -0.25) is 19.7 Å². The van der Waals surface area contributed by atoms with Crippen molar-refractivity contribution in [3.63, 3.8) is 0 Å². The number of likely N-dealkylation sites (tertiary alicyclic amines) is 1. The first-order valence-corrected chi connectivity index (χ1v) is 9.05. The van der Waals surface area contributed by atoms with Gasteiger partial charge >= 0.3 is 6.03 Å². The Hall–Kier alpha value is -2.90. The summed E-state index contributed by atoms with van der Waals surface area (Å²) in [7, 11) is 0. The number of hydrogen-bond acceptors (Lipinski definition) is 5. The standard InChI is InChI=1S/C19H21N3O5/c1-12-2-3-15-13(8-12)14(23)9-19(27-15)4-6-21(7-5-19)17(25)11-22-10-16(24)20-18(22)26/h2-3,8H,4-7,9-11H2,1H3,(H,20,24,26). The average molecular weight is 371 g/mol. The van der Waals surface area contributed by atoms with Gasteiger partial charge < -0.3 is 14.5 Å². The number of carbonyl (C=O) groups excluding carboxylic acids is 4. The molecule has 8 nitrogen and oxygen atoms in total. The summed E-state index contributed by atoms with van der Waals surface area (Å²) in [6.07, 6.45) is 1.43. The number of ketones is 1. The molecule has 1 aromatic rings. The third kappa shape index (κ3) is 3.27. The number of carbonyl (C=O) groups is 4. The molecule has 8 heteroatoms. The van der Waals surface area contributed by atoms with Gasteiger partial charge in [-0.15, -0.1) is 0 Å². The van der Waals surface area contributed by atoms with Crippen molar-refractivity contribution in [3.8, 4) is 5.75 Å². The van der Waals surface area contributed by atoms with Crippen LogP contribution in [0, 0.1) is 6.92 Å². The van der Waals surface area contributed by atoms with Gasteiger partial charge in [0.25, 0.3) is 0 Å². The van der Waals surface area contributed by atoms with Crippen molar-refractivity contribution in [2.45, 2.75) is 31.8 Å². The summed E-state index contributed by atoms with van der Waals surface area (Å²) in [4.78, 5) is 50.7. The van der Waals surface area contributed by atoms with Gasteiger partial charge in [0, 0.05) is 25.9 Å². The molecular formula is C19H21N3O5. The predicted molar refractivity (Wildman–Crippen MR) is 94.4 cm³/mol. The summed E-state index contributed by atoms with van der Waals surface area (Å²) < 4.78 is 6.20. The highest BCUT2D eigenvalue weighted by Gasteiger charge is 2.44. The second-order valence-corrected chi connectivity index (χ2v) is 7.47. The van der Waals surface area contributed by atoms with Gasteiger partial charge in [-0.2, -0.15) is 0 Å². The van der Waals surface area contributed by atoms with Crippen LogP contribution in [0.1, 0.15) is 35.2 Å². The van der Waals surface area contributed by atoms with Gasteiger partial charge in [0.1, 0.15) is 24.4 Å². The van der Waals surface area contributed by atoms with E-state index in [4.69, 9.17) is 4.74 Å². The molecule has 2 saturated heterocycles. The fourth-order valence-corrected chi connectivity index (χ4v) is 3.92. The number of amides is 4. The van der Waals surface area contributed by atoms with E-state index in [1.807, 2.05) is 25.1 Å². The summed E-state index contributed by atoms with van der Waals surface area (Å²) in [5.41, 5.74) is 1.08. The molecule has 0 radical (unpaired) electrons. The Morgan fingerprint density at radius 1 is 1.22 bits per heavy atom. The van der Waals surface area contributed by atoms with Gasteiger partial charge in [-0.25, -0.2) is 4.79 Å². The van der Waals surface area contributed by atoms with Gasteiger partial charge in [-0.1, -0.05) is 11.6 Å². The van der Waals surface area contributed by atoms with Gasteiger partial charge in [-0.05, 0) is 19.1 Å². The maximum atomic E-state index is 12.6. The first-order valence-electron chi connectivity index (χ1n) is 9.05. The van der Waals surface area contributed by atoms with Crippen molar-refractivity contribution >= 4 is 23.6 Å². The van der Waals surface area contributed by atoms with Crippen molar-refractivity contribution in [3.05, 3.63) is 29.3 Å². The van der Waals surface area contributed by atoms with Crippen molar-refractivity contribution in [1.29, 1.82) is 0 Å². The number of rotatable bonds is 2. The summed E-state index contributed by atoms with van der Waals surface area (Å²) in [5.74, 6) is 0.0946. The maximum Gasteiger partial charge on any atom is 0.325 e. The zero-order chi connectivity index (χ0) is 19.2. The highest BCUT2D eigenvalue weighted by molar-refractivity contribution is 6.03. The van der Waals surface area contributed by atoms with Crippen molar-refractivity contribution in [2.24, 2.45) is 0 Å². The third-order valence-corrected chi connectivity index (χ3v) is 5.47. The highest BCUT2D eigenvalue weighted by Crippen LogP contribution is 2.39. The number of piperidine rings is 1. The van der Waals surface area contributed by atoms with Crippen molar-refractivity contribution in [2.75, 3.05) is 26.2 Å². The van der Waals surface area contributed by atoms with Crippen LogP contribution in [-0.4, -0.2) is 65.2 Å². The SMILES string of the molecule is Cc1ccc2c(c1)C(=O)CC1(CCN(C(=O)CN3CC(=O)NC3=O)CC1)O2. The van der Waals surface area contributed by atoms with Gasteiger partial charge in [0.15, 0.2) is 5.78 Å². The number of Topliss-reactive ketones (excluding diaryl/α,β-unsaturated/α-hetero) is 1. The number of aryl methyl sites for hydroxylation is 1. The molecule has 4 rings (SSSR count). The van der Waals surface area contributed by atoms with Crippen LogP contribution >= 0.6 is 0 Å². The Kier molecular flexibility index (Phi) is 4.13. The average Bonchev–Trinajstić information content (AvgIpc) is 2.93. The lowest BCUT2D eigenvalue weighted by Crippen LogP contribution is -2.53. The third-order valence-electron chi connectivity index (χ3n) is 5.47. The van der Waals surface area contributed by atoms with Crippen LogP contribution in [0.3, 0.4) is 0 Å². The molecule has 3 aliphatic heterocycles. The van der Waals surface area contributed by atoms with E-state index in [9.17, 15) is 19.2 Å². The Labute approximate surface area is 156 Å². The normalized spacial score (nSPS) is 21.1. The van der Waals surface area contributed by atoms with E-state index < -0.39 is 17.5 Å². The van der Waals surface area contributed by atoms with Gasteiger partial charge in [0.2, 0.25) is 11.8 Å². The van der Waals surface area contributed by atoms with Gasteiger partial charge in [0.05, 0.1) is 12.0 Å². The number of benzene rings is 1. The lowest BCUT2D eigenvalue weighted by molar-refractivity contribution is -0.135. The number of urea groups is 1. The Morgan fingerprint density at radius 3 is 2.63 bits per heavy atom. The lowest BCUT2D eigenvalue weighted by atomic mass is 9.82. The molecule has 142 valence electrons. The van der Waals surface area contributed by atoms with E-state index in [0.29, 0.717) is 43.7 Å². The molecule has 0 saturated carbocycles. The zero-order valence-electron chi connectivity index (χ0n) is 15.1. The second kappa shape index (κ2) is 6.37. The minimum absolute atomic E-state index is 0.0759. The number of hydrogen-bond donors (Lipinski definition) is 1. The van der Waals surface area contributed by atoms with Crippen molar-refractivity contribution in [1.82, 2.24) is 15.1 Å². The predicted octanol–water partition coefficient (Wildman–Crippen LogP) is 0.873. The molecule has 1 aromatic carbocycles. The highest BCUT2D eigenvalue weighted by atomic mass is 16.5. The molecule has 2 fully saturated rings. The monoisotopic (exact) mass is 371 g/mol. The quantitative estimate of drug-likeness (QED) is 0.779. The largest absolute Gasteiger partial charge is 0.486 e. The van der Waals surface area contributed by atoms with Crippen LogP contribution in [0.25, 0.3) is 0 Å². The Morgan fingerprint density at radius 2 is 1.96 bits per heavy atom. The summed E-state index contributed by atoms with van der Waals surface area (Å²) >= 11 is 0. The van der Waals surface area contributed by atoms with E-state index in [-0.39, 0.29) is 24.8 Å². The molecule has 0 bridgehead atoms. The topological polar surface area (TPSA) is 96.0 Å². The minimum Gasteiger partial charge on any atom is -0.486 e. The fraction of sp³-hybridized carbons (Fsp3) is 0.474. The first-order chi connectivity index (χ1) is 12.8. The Balaban J connectivity index is 1.39. The molecule has 0 unspecified atom stereocenters. The molecule has 0 aromatic heterocycles. The smallest absolute Gasteiger partial charge is 0.325 e. The molecule has 27 heavy (non-hydrogen) atoms. The van der Waals surface area contributed by atoms with E-state index >= 15 is 0 Å². The molecule has 3 aliphatic rings. The minimum atomic E-state index is -0.572. The maximum absolute atomic E-state index is 12.6. The summed E-state index contributed by atoms with van der Waals surface area (Å²) in [6, 6.07) is 5.08. The molecule has 3 heterocycles. The van der Waals surface area contributed by atoms with Crippen molar-refractivity contribution < 1.29 is 23.9 Å². The number of ether oxygens (including phenoxy) is 1. The molecule has 0 atom stereocenters. The zero-order valence-corrected chi connectivity index (χ0v) is 15.1. The molecule has 1 spiro atoms. The van der Waals surface area contributed by atoms with Crippen LogP contribution in [0.4, 0.5) is 4.79 Å². The molecule has 4 amide bonds. The summed E-state index contributed by atoms with van der Waals surface area (Å²) in [5, 5.41) is 2.16. The van der Waals surface area contributed by atoms with Crippen LogP contribution in [0.15, 0.2) is 18.2 Å². The fourth-order valence-electron chi connectivity index (χ4n) is 3.92. The molecule has 1 N–H and O–H groups in total. The van der Waals surface area contributed by atoms with Crippen LogP contribution in [-0.2, 0) is 9.59 Å². The summed E-state index contributed by atoms with van der Waals surface area (Å²) in [6.45, 7) is 2.65. The van der Waals surface area contributed by atoms with E-state index in [1.54, 1.807) is 4.90 Å². The number of nitrogens with zero attached hydrogens (tertiary/aromatic N) is 2. The number of nitrogens with one attached hydrogen (secondary N) is 1. The molecule has 0 aliphatic carbocycles. The number of imide groups is 1. The van der Waals surface area contributed by atoms with Crippen LogP contribution in [0.2, 0.25) is 0 Å². The number of fused-ring (bicyclic) bond motifs is 1. The van der Waals surface area contributed by atoms with Crippen LogP contribution in [0.5, 0.6) is 5.75 Å². The van der Waals surface area contributed by atoms with Crippen LogP contribution < -0.4 is 10.1 Å². The Bertz CT molecular complexity index is 842. The molecular weight excluding hydrogens is 350 g/mol. The van der Waals surface area contributed by atoms with E-state index in [2.05, 4.69) is 5.32 Å². The van der Waals surface area contributed by atoms with E-state index in [1.165, 1.54) is 4.90 Å². The van der Waals surface area contributed by atoms with E-state index in [0.717, 1.165) is 5.56 Å². The lowest BCUT2D eigenvalue weighted by Gasteiger charge is -2.44.